The maximum Gasteiger partial charge on any atom is 0.164 e. The minimum atomic E-state index is -0.115. The van der Waals surface area contributed by atoms with Gasteiger partial charge in [-0.3, -0.25) is 0 Å². The lowest BCUT2D eigenvalue weighted by molar-refractivity contribution is 0.662. The molecule has 0 atom stereocenters. The summed E-state index contributed by atoms with van der Waals surface area (Å²) >= 11 is 0. The quantitative estimate of drug-likeness (QED) is 0.153. The Labute approximate surface area is 407 Å². The van der Waals surface area contributed by atoms with Crippen LogP contribution in [0.1, 0.15) is 25.0 Å². The molecular formula is C66H46N4. The number of nitrogens with zero attached hydrogens (tertiary/aromatic N) is 4. The fourth-order valence-electron chi connectivity index (χ4n) is 10.8. The summed E-state index contributed by atoms with van der Waals surface area (Å²) in [5.74, 6) is 1.92. The topological polar surface area (TPSA) is 43.6 Å². The van der Waals surface area contributed by atoms with Crippen molar-refractivity contribution in [2.24, 2.45) is 0 Å². The van der Waals surface area contributed by atoms with Crippen LogP contribution in [-0.2, 0) is 5.41 Å². The average Bonchev–Trinajstić information content (AvgIpc) is 3.89. The van der Waals surface area contributed by atoms with Crippen LogP contribution in [0.4, 0.5) is 0 Å². The second kappa shape index (κ2) is 16.7. The van der Waals surface area contributed by atoms with Gasteiger partial charge in [0.2, 0.25) is 0 Å². The Morgan fingerprint density at radius 1 is 0.300 bits per heavy atom. The van der Waals surface area contributed by atoms with Crippen LogP contribution in [0.15, 0.2) is 243 Å². The Morgan fingerprint density at radius 3 is 1.33 bits per heavy atom. The second-order valence-electron chi connectivity index (χ2n) is 18.8. The largest absolute Gasteiger partial charge is 0.309 e. The molecular weight excluding hydrogens is 849 g/mol. The van der Waals surface area contributed by atoms with Gasteiger partial charge in [-0.2, -0.15) is 0 Å². The van der Waals surface area contributed by atoms with Crippen LogP contribution in [0.25, 0.3) is 117 Å². The molecule has 0 spiro atoms. The lowest BCUT2D eigenvalue weighted by Gasteiger charge is -2.24. The van der Waals surface area contributed by atoms with E-state index in [1.165, 1.54) is 66.4 Å². The molecule has 0 aliphatic heterocycles. The number of benzene rings is 10. The predicted molar refractivity (Wildman–Crippen MR) is 290 cm³/mol. The van der Waals surface area contributed by atoms with Gasteiger partial charge >= 0.3 is 0 Å². The number of fused-ring (bicyclic) bond motifs is 6. The zero-order valence-corrected chi connectivity index (χ0v) is 38.9. The minimum Gasteiger partial charge on any atom is -0.309 e. The summed E-state index contributed by atoms with van der Waals surface area (Å²) in [6.45, 7) is 4.73. The summed E-state index contributed by atoms with van der Waals surface area (Å²) in [7, 11) is 0. The fourth-order valence-corrected chi connectivity index (χ4v) is 10.8. The van der Waals surface area contributed by atoms with Gasteiger partial charge in [0, 0.05) is 38.6 Å². The van der Waals surface area contributed by atoms with Crippen molar-refractivity contribution in [3.05, 3.63) is 254 Å². The summed E-state index contributed by atoms with van der Waals surface area (Å²) in [5.41, 5.74) is 21.0. The zero-order valence-electron chi connectivity index (χ0n) is 38.9. The standard InChI is InChI=1S/C66H46N4/c1-66(2)59-33-13-12-30-55(59)56-32-17-31-54(62(56)66)51-27-14-24-46(38-51)49-34-36-60-57(41-49)58-42-50(35-37-61(58)70(60)53-29-16-26-48(40-53)43-18-6-3-7-19-43)47-25-15-28-52(39-47)65-68-63(44-20-8-4-9-21-44)67-64(69-65)45-22-10-5-11-23-45/h3-42H,1-2H3. The molecule has 0 saturated heterocycles. The molecule has 1 aliphatic rings. The summed E-state index contributed by atoms with van der Waals surface area (Å²) in [5, 5.41) is 2.37. The highest BCUT2D eigenvalue weighted by molar-refractivity contribution is 6.12. The van der Waals surface area contributed by atoms with Crippen molar-refractivity contribution in [2.45, 2.75) is 19.3 Å². The van der Waals surface area contributed by atoms with Crippen molar-refractivity contribution in [2.75, 3.05) is 0 Å². The third-order valence-corrected chi connectivity index (χ3v) is 14.2. The summed E-state index contributed by atoms with van der Waals surface area (Å²) in [6.07, 6.45) is 0. The molecule has 0 bridgehead atoms. The third-order valence-electron chi connectivity index (χ3n) is 14.2. The molecule has 0 radical (unpaired) electrons. The molecule has 4 heteroatoms. The summed E-state index contributed by atoms with van der Waals surface area (Å²) in [4.78, 5) is 15.1. The highest BCUT2D eigenvalue weighted by atomic mass is 15.0. The van der Waals surface area contributed by atoms with Gasteiger partial charge in [0.05, 0.1) is 11.0 Å². The van der Waals surface area contributed by atoms with E-state index < -0.39 is 0 Å². The monoisotopic (exact) mass is 894 g/mol. The van der Waals surface area contributed by atoms with Crippen molar-refractivity contribution in [3.8, 4) is 95.5 Å². The molecule has 0 unspecified atom stereocenters. The van der Waals surface area contributed by atoms with Crippen LogP contribution in [-0.4, -0.2) is 19.5 Å². The maximum atomic E-state index is 5.06. The Kier molecular flexibility index (Phi) is 9.81. The molecule has 1 aliphatic carbocycles. The normalized spacial score (nSPS) is 12.5. The lowest BCUT2D eigenvalue weighted by atomic mass is 9.78. The van der Waals surface area contributed by atoms with Crippen LogP contribution < -0.4 is 0 Å². The van der Waals surface area contributed by atoms with E-state index in [2.05, 4.69) is 200 Å². The Balaban J connectivity index is 0.955. The third kappa shape index (κ3) is 7.03. The SMILES string of the molecule is CC1(C)c2ccccc2-c2cccc(-c3cccc(-c4ccc5c(c4)c4cc(-c6cccc(-c7nc(-c8ccccc8)nc(-c8ccccc8)n7)c6)ccc4n5-c4cccc(-c5ccccc5)c4)c3)c21. The fraction of sp³-hybridized carbons (Fsp3) is 0.0455. The molecule has 4 nitrogen and oxygen atoms in total. The maximum absolute atomic E-state index is 5.06. The van der Waals surface area contributed by atoms with Crippen molar-refractivity contribution in [1.82, 2.24) is 19.5 Å². The molecule has 0 fully saturated rings. The van der Waals surface area contributed by atoms with E-state index in [-0.39, 0.29) is 5.41 Å². The van der Waals surface area contributed by atoms with Gasteiger partial charge in [-0.25, -0.2) is 15.0 Å². The van der Waals surface area contributed by atoms with Gasteiger partial charge in [-0.15, -0.1) is 0 Å². The van der Waals surface area contributed by atoms with E-state index in [1.54, 1.807) is 0 Å². The van der Waals surface area contributed by atoms with Gasteiger partial charge in [0.1, 0.15) is 0 Å². The van der Waals surface area contributed by atoms with Gasteiger partial charge in [-0.1, -0.05) is 208 Å². The predicted octanol–water partition coefficient (Wildman–Crippen LogP) is 16.9. The number of hydrogen-bond acceptors (Lipinski definition) is 3. The van der Waals surface area contributed by atoms with Gasteiger partial charge in [-0.05, 0) is 115 Å². The van der Waals surface area contributed by atoms with Crippen LogP contribution in [0, 0.1) is 0 Å². The molecule has 0 saturated carbocycles. The van der Waals surface area contributed by atoms with Crippen LogP contribution >= 0.6 is 0 Å². The minimum absolute atomic E-state index is 0.115. The Bertz CT molecular complexity index is 3910. The summed E-state index contributed by atoms with van der Waals surface area (Å²) < 4.78 is 2.42. The van der Waals surface area contributed by atoms with Crippen molar-refractivity contribution >= 4 is 21.8 Å². The second-order valence-corrected chi connectivity index (χ2v) is 18.8. The van der Waals surface area contributed by atoms with Crippen molar-refractivity contribution in [3.63, 3.8) is 0 Å². The molecule has 12 aromatic rings. The zero-order chi connectivity index (χ0) is 46.8. The van der Waals surface area contributed by atoms with E-state index in [0.717, 1.165) is 44.5 Å². The first-order valence-corrected chi connectivity index (χ1v) is 24.0. The van der Waals surface area contributed by atoms with Gasteiger partial charge in [0.25, 0.3) is 0 Å². The van der Waals surface area contributed by atoms with Gasteiger partial charge < -0.3 is 4.57 Å². The van der Waals surface area contributed by atoms with Crippen molar-refractivity contribution in [1.29, 1.82) is 0 Å². The highest BCUT2D eigenvalue weighted by Crippen LogP contribution is 2.52. The van der Waals surface area contributed by atoms with Crippen LogP contribution in [0.3, 0.4) is 0 Å². The Hall–Kier alpha value is -8.99. The molecule has 70 heavy (non-hydrogen) atoms. The molecule has 0 N–H and O–H groups in total. The first-order valence-electron chi connectivity index (χ1n) is 24.0. The first kappa shape index (κ1) is 41.2. The number of hydrogen-bond donors (Lipinski definition) is 0. The Morgan fingerprint density at radius 2 is 0.714 bits per heavy atom. The molecule has 13 rings (SSSR count). The number of rotatable bonds is 8. The highest BCUT2D eigenvalue weighted by Gasteiger charge is 2.37. The first-order chi connectivity index (χ1) is 34.4. The van der Waals surface area contributed by atoms with E-state index in [0.29, 0.717) is 17.5 Å². The molecule has 2 heterocycles. The van der Waals surface area contributed by atoms with E-state index >= 15 is 0 Å². The molecule has 2 aromatic heterocycles. The number of aromatic nitrogens is 4. The lowest BCUT2D eigenvalue weighted by Crippen LogP contribution is -2.16. The van der Waals surface area contributed by atoms with Crippen molar-refractivity contribution < 1.29 is 0 Å². The van der Waals surface area contributed by atoms with Crippen LogP contribution in [0.5, 0.6) is 0 Å². The smallest absolute Gasteiger partial charge is 0.164 e. The van der Waals surface area contributed by atoms with E-state index in [1.807, 2.05) is 60.7 Å². The molecule has 0 amide bonds. The van der Waals surface area contributed by atoms with Crippen LogP contribution in [0.2, 0.25) is 0 Å². The molecule has 10 aromatic carbocycles. The molecule has 330 valence electrons. The van der Waals surface area contributed by atoms with Gasteiger partial charge in [0.15, 0.2) is 17.5 Å². The van der Waals surface area contributed by atoms with E-state index in [4.69, 9.17) is 15.0 Å². The van der Waals surface area contributed by atoms with E-state index in [9.17, 15) is 0 Å². The average molecular weight is 895 g/mol. The summed E-state index contributed by atoms with van der Waals surface area (Å²) in [6, 6.07) is 87.1.